The van der Waals surface area contributed by atoms with E-state index in [2.05, 4.69) is 47.8 Å². The number of carbonyl (C=O) groups excluding carboxylic acids is 1. The number of esters is 1. The molecule has 2 rings (SSSR count). The van der Waals surface area contributed by atoms with Crippen molar-refractivity contribution in [3.05, 3.63) is 42.8 Å². The summed E-state index contributed by atoms with van der Waals surface area (Å²) >= 11 is 8.82. The monoisotopic (exact) mass is 536 g/mol. The number of hydrogen-bond acceptors (Lipinski definition) is 2. The lowest BCUT2D eigenvalue weighted by Crippen LogP contribution is -2.13. The number of benzene rings is 1. The first-order valence-electron chi connectivity index (χ1n) is 6.69. The Morgan fingerprint density at radius 3 is 2.08 bits per heavy atom. The van der Waals surface area contributed by atoms with Gasteiger partial charge in [-0.25, -0.2) is 17.6 Å². The van der Waals surface area contributed by atoms with Gasteiger partial charge in [0.1, 0.15) is 6.61 Å². The molecule has 0 N–H and O–H groups in total. The third-order valence-electron chi connectivity index (χ3n) is 4.13. The van der Waals surface area contributed by atoms with Crippen LogP contribution in [0, 0.1) is 40.5 Å². The van der Waals surface area contributed by atoms with E-state index in [4.69, 9.17) is 4.74 Å². The molecule has 0 bridgehead atoms. The van der Waals surface area contributed by atoms with Gasteiger partial charge in [-0.05, 0) is 59.1 Å². The Morgan fingerprint density at radius 2 is 1.62 bits per heavy atom. The lowest BCUT2D eigenvalue weighted by Gasteiger charge is -2.10. The van der Waals surface area contributed by atoms with Gasteiger partial charge in [-0.15, -0.1) is 0 Å². The molecule has 0 radical (unpaired) electrons. The molecule has 1 aliphatic carbocycles. The van der Waals surface area contributed by atoms with Crippen molar-refractivity contribution in [1.82, 2.24) is 0 Å². The summed E-state index contributed by atoms with van der Waals surface area (Å²) in [7, 11) is 0. The average molecular weight is 539 g/mol. The van der Waals surface area contributed by atoms with E-state index in [9.17, 15) is 22.4 Å². The number of ether oxygens (including phenoxy) is 1. The summed E-state index contributed by atoms with van der Waals surface area (Å²) in [6, 6.07) is 0. The molecule has 0 amide bonds. The van der Waals surface area contributed by atoms with E-state index in [-0.39, 0.29) is 5.92 Å². The van der Waals surface area contributed by atoms with Gasteiger partial charge >= 0.3 is 5.97 Å². The molecule has 0 spiro atoms. The molecule has 1 fully saturated rings. The lowest BCUT2D eigenvalue weighted by molar-refractivity contribution is -0.147. The minimum absolute atomic E-state index is 0.133. The van der Waals surface area contributed by atoms with Crippen molar-refractivity contribution in [3.63, 3.8) is 0 Å². The molecule has 0 saturated heterocycles. The summed E-state index contributed by atoms with van der Waals surface area (Å²) in [4.78, 5) is 12.1. The first-order valence-corrected chi connectivity index (χ1v) is 9.07. The molecule has 1 aliphatic rings. The second-order valence-electron chi connectivity index (χ2n) is 5.94. The van der Waals surface area contributed by atoms with Gasteiger partial charge in [-0.1, -0.05) is 19.9 Å². The topological polar surface area (TPSA) is 26.3 Å². The number of rotatable bonds is 4. The Kier molecular flexibility index (Phi) is 5.87. The average Bonchev–Trinajstić information content (AvgIpc) is 3.02. The van der Waals surface area contributed by atoms with Crippen LogP contribution in [0.2, 0.25) is 0 Å². The largest absolute Gasteiger partial charge is 0.460 e. The minimum Gasteiger partial charge on any atom is -0.460 e. The molecular formula is C15H11Br3F4O2. The van der Waals surface area contributed by atoms with Crippen molar-refractivity contribution in [2.24, 2.45) is 17.3 Å². The summed E-state index contributed by atoms with van der Waals surface area (Å²) in [6.45, 7) is 2.78. The maximum atomic E-state index is 13.7. The predicted octanol–water partition coefficient (Wildman–Crippen LogP) is 5.95. The van der Waals surface area contributed by atoms with Crippen LogP contribution in [-0.4, -0.2) is 5.97 Å². The van der Waals surface area contributed by atoms with Crippen molar-refractivity contribution >= 4 is 53.8 Å². The maximum Gasteiger partial charge on any atom is 0.310 e. The molecule has 132 valence electrons. The van der Waals surface area contributed by atoms with Crippen LogP contribution in [-0.2, 0) is 16.1 Å². The maximum absolute atomic E-state index is 13.7. The van der Waals surface area contributed by atoms with Crippen LogP contribution in [0.25, 0.3) is 0 Å². The highest BCUT2D eigenvalue weighted by Gasteiger charge is 2.61. The number of halogens is 7. The van der Waals surface area contributed by atoms with Gasteiger partial charge in [0.25, 0.3) is 0 Å². The molecule has 9 heteroatoms. The Labute approximate surface area is 161 Å². The molecule has 1 aromatic rings. The van der Waals surface area contributed by atoms with E-state index >= 15 is 0 Å². The fourth-order valence-electron chi connectivity index (χ4n) is 2.58. The molecule has 2 atom stereocenters. The highest BCUT2D eigenvalue weighted by atomic mass is 79.9. The first kappa shape index (κ1) is 19.9. The summed E-state index contributed by atoms with van der Waals surface area (Å²) < 4.78 is 59.0. The molecular weight excluding hydrogens is 528 g/mol. The van der Waals surface area contributed by atoms with Crippen molar-refractivity contribution in [3.8, 4) is 0 Å². The smallest absolute Gasteiger partial charge is 0.310 e. The normalized spacial score (nSPS) is 21.4. The van der Waals surface area contributed by atoms with Crippen LogP contribution in [0.15, 0.2) is 13.9 Å². The second kappa shape index (κ2) is 7.07. The molecule has 2 nitrogen and oxygen atoms in total. The van der Waals surface area contributed by atoms with Crippen molar-refractivity contribution < 1.29 is 27.1 Å². The van der Waals surface area contributed by atoms with Crippen molar-refractivity contribution in [1.29, 1.82) is 0 Å². The highest BCUT2D eigenvalue weighted by molar-refractivity contribution is 9.28. The van der Waals surface area contributed by atoms with Gasteiger partial charge in [0.2, 0.25) is 0 Å². The molecule has 0 aliphatic heterocycles. The molecule has 1 aromatic carbocycles. The molecule has 0 heterocycles. The van der Waals surface area contributed by atoms with Gasteiger partial charge in [-0.3, -0.25) is 4.79 Å². The van der Waals surface area contributed by atoms with Crippen molar-refractivity contribution in [2.45, 2.75) is 20.5 Å². The highest BCUT2D eigenvalue weighted by Crippen LogP contribution is 2.60. The Balaban J connectivity index is 2.16. The summed E-state index contributed by atoms with van der Waals surface area (Å²) in [5.41, 5.74) is -1.36. The predicted molar refractivity (Wildman–Crippen MR) is 90.5 cm³/mol. The van der Waals surface area contributed by atoms with Crippen LogP contribution < -0.4 is 0 Å². The van der Waals surface area contributed by atoms with E-state index in [1.807, 2.05) is 13.8 Å². The number of hydrogen-bond donors (Lipinski definition) is 0. The quantitative estimate of drug-likeness (QED) is 0.205. The molecule has 0 aromatic heterocycles. The standard InChI is InChI=1S/C15H11Br3F4O2/c1-15(2)6(3-7(16)17)8(15)14(23)24-4-5-10(19)12(21)9(18)13(22)11(5)20/h3,6,8H,4H2,1-2H3/t6-,8-/m0/s1. The van der Waals surface area contributed by atoms with Gasteiger partial charge < -0.3 is 4.74 Å². The SMILES string of the molecule is CC1(C)[C@H](C(=O)OCc2c(F)c(F)c(Br)c(F)c2F)[C@@H]1C=C(Br)Br. The lowest BCUT2D eigenvalue weighted by atomic mass is 10.1. The Bertz CT molecular complexity index is 701. The van der Waals surface area contributed by atoms with E-state index in [1.54, 1.807) is 6.08 Å². The summed E-state index contributed by atoms with van der Waals surface area (Å²) in [5, 5.41) is 0. The number of allylic oxidation sites excluding steroid dienone is 1. The zero-order chi connectivity index (χ0) is 18.4. The van der Waals surface area contributed by atoms with E-state index < -0.39 is 57.2 Å². The summed E-state index contributed by atoms with van der Waals surface area (Å²) in [6.07, 6.45) is 1.77. The Hall–Kier alpha value is -0.410. The fraction of sp³-hybridized carbons (Fsp3) is 0.400. The molecule has 0 unspecified atom stereocenters. The van der Waals surface area contributed by atoms with E-state index in [1.165, 1.54) is 0 Å². The Morgan fingerprint density at radius 1 is 1.12 bits per heavy atom. The third-order valence-corrected chi connectivity index (χ3v) is 5.35. The van der Waals surface area contributed by atoms with Gasteiger partial charge in [-0.2, -0.15) is 0 Å². The summed E-state index contributed by atoms with van der Waals surface area (Å²) in [5.74, 6) is -7.67. The van der Waals surface area contributed by atoms with Crippen LogP contribution in [0.1, 0.15) is 19.4 Å². The molecule has 1 saturated carbocycles. The van der Waals surface area contributed by atoms with Crippen LogP contribution in [0.4, 0.5) is 17.6 Å². The van der Waals surface area contributed by atoms with Crippen LogP contribution in [0.5, 0.6) is 0 Å². The zero-order valence-corrected chi connectivity index (χ0v) is 17.2. The van der Waals surface area contributed by atoms with Crippen LogP contribution >= 0.6 is 47.8 Å². The zero-order valence-electron chi connectivity index (χ0n) is 12.4. The molecule has 24 heavy (non-hydrogen) atoms. The second-order valence-corrected chi connectivity index (χ2v) is 9.50. The third kappa shape index (κ3) is 3.58. The van der Waals surface area contributed by atoms with E-state index in [0.717, 1.165) is 0 Å². The first-order chi connectivity index (χ1) is 11.0. The fourth-order valence-corrected chi connectivity index (χ4v) is 3.50. The van der Waals surface area contributed by atoms with Gasteiger partial charge in [0, 0.05) is 0 Å². The minimum atomic E-state index is -1.59. The van der Waals surface area contributed by atoms with Gasteiger partial charge in [0.15, 0.2) is 23.3 Å². The number of carbonyl (C=O) groups is 1. The van der Waals surface area contributed by atoms with Crippen molar-refractivity contribution in [2.75, 3.05) is 0 Å². The van der Waals surface area contributed by atoms with E-state index in [0.29, 0.717) is 3.39 Å². The van der Waals surface area contributed by atoms with Crippen LogP contribution in [0.3, 0.4) is 0 Å². The van der Waals surface area contributed by atoms with Gasteiger partial charge in [0.05, 0.1) is 19.3 Å².